The molecule has 12 rings (SSSR count). The molecule has 0 radical (unpaired) electrons. The van der Waals surface area contributed by atoms with Gasteiger partial charge in [0.25, 0.3) is 34.3 Å². The van der Waals surface area contributed by atoms with Gasteiger partial charge < -0.3 is 18.2 Å². The zero-order chi connectivity index (χ0) is 45.5. The van der Waals surface area contributed by atoms with Gasteiger partial charge in [0.2, 0.25) is 34.7 Å². The average Bonchev–Trinajstić information content (AvgIpc) is 4.25. The Morgan fingerprint density at radius 1 is 0.373 bits per heavy atom. The van der Waals surface area contributed by atoms with Crippen LogP contribution in [0.25, 0.3) is 34.4 Å². The van der Waals surface area contributed by atoms with E-state index in [0.29, 0.717) is 17.7 Å². The largest absolute Gasteiger partial charge is 0.424 e. The quantitative estimate of drug-likeness (QED) is 0.138. The Hall–Kier alpha value is -8.36. The van der Waals surface area contributed by atoms with Gasteiger partial charge in [-0.15, -0.1) is 13.7 Å². The monoisotopic (exact) mass is 884 g/mol. The van der Waals surface area contributed by atoms with E-state index in [1.54, 1.807) is 0 Å². The maximum absolute atomic E-state index is 6.47. The minimum Gasteiger partial charge on any atom is -0.424 e. The lowest BCUT2D eigenvalue weighted by atomic mass is 10.1. The van der Waals surface area contributed by atoms with E-state index in [9.17, 15) is 0 Å². The van der Waals surface area contributed by atoms with Crippen molar-refractivity contribution in [1.29, 1.82) is 0 Å². The molecule has 3 N–H and O–H groups in total. The fourth-order valence-corrected chi connectivity index (χ4v) is 10.1. The summed E-state index contributed by atoms with van der Waals surface area (Å²) >= 11 is 0. The molecule has 13 heteroatoms. The molecule has 0 amide bonds. The number of hydrogen-bond acceptors (Lipinski definition) is 7. The summed E-state index contributed by atoms with van der Waals surface area (Å²) < 4.78 is 25.9. The van der Waals surface area contributed by atoms with Crippen LogP contribution in [0.4, 0.5) is 51.2 Å². The molecule has 0 saturated heterocycles. The fraction of sp³-hybridized carbons (Fsp3) is 0.111. The molecule has 6 heterocycles. The van der Waals surface area contributed by atoms with Gasteiger partial charge >= 0.3 is 17.5 Å². The summed E-state index contributed by atoms with van der Waals surface area (Å²) in [6.45, 7) is 0. The highest BCUT2D eigenvalue weighted by molar-refractivity contribution is 5.92. The molecule has 0 saturated carbocycles. The van der Waals surface area contributed by atoms with Crippen molar-refractivity contribution in [2.45, 2.75) is 0 Å². The molecule has 67 heavy (non-hydrogen) atoms. The summed E-state index contributed by atoms with van der Waals surface area (Å²) in [4.78, 5) is 19.9. The summed E-state index contributed by atoms with van der Waals surface area (Å²) in [7, 11) is 12.6. The predicted octanol–water partition coefficient (Wildman–Crippen LogP) is 6.76. The standard InChI is InChI=1S/C54H45N10O3/c1-58-40-13-7-8-14-41(40)59(2)52(58)46-31-55-49(65-46)34-19-25-37(26-20-34)64(38-27-21-35(22-28-38)50-56-32-47(66-50)53-60(3)42-15-9-10-16-43(42)61(53)4)39-29-23-36(24-30-39)51-57-33-48(67-51)54-62(5)44-17-11-12-18-45(44)63(54)6/h7-33H,1-6H3/q+3/p+3. The number of hydrogen-bond donors (Lipinski definition) is 3. The first-order valence-corrected chi connectivity index (χ1v) is 22.3. The Kier molecular flexibility index (Phi) is 9.39. The van der Waals surface area contributed by atoms with E-state index in [4.69, 9.17) is 28.2 Å². The molecule has 0 aliphatic carbocycles. The number of fused-ring (bicyclic) bond motifs is 3. The van der Waals surface area contributed by atoms with Crippen LogP contribution in [0.1, 0.15) is 17.3 Å². The third-order valence-corrected chi connectivity index (χ3v) is 13.4. The van der Waals surface area contributed by atoms with Crippen molar-refractivity contribution in [2.24, 2.45) is 0 Å². The minimum absolute atomic E-state index is 0.555. The summed E-state index contributed by atoms with van der Waals surface area (Å²) in [5.74, 6) is 6.91. The van der Waals surface area contributed by atoms with Gasteiger partial charge in [0.05, 0.1) is 39.7 Å². The molecule has 3 atom stereocenters. The minimum atomic E-state index is 0.555. The van der Waals surface area contributed by atoms with Crippen LogP contribution < -0.4 is 19.6 Å². The molecule has 0 fully saturated rings. The number of amidine groups is 3. The first kappa shape index (κ1) is 40.2. The number of nitrogens with zero attached hydrogens (tertiary/aromatic N) is 7. The number of nitrogens with one attached hydrogen (secondary N) is 3. The molecule has 0 spiro atoms. The molecule has 0 bridgehead atoms. The molecule has 6 aromatic carbocycles. The molecule has 9 aromatic rings. The number of rotatable bonds is 9. The fourth-order valence-electron chi connectivity index (χ4n) is 10.1. The maximum Gasteiger partial charge on any atom is 0.418 e. The highest BCUT2D eigenvalue weighted by Gasteiger charge is 2.44. The first-order valence-electron chi connectivity index (χ1n) is 22.3. The van der Waals surface area contributed by atoms with Gasteiger partial charge in [0.1, 0.15) is 21.1 Å². The van der Waals surface area contributed by atoms with Crippen LogP contribution in [0.3, 0.4) is 0 Å². The SMILES string of the molecule is C[N+]1=C(c2cnc(-c3ccc(N(c4ccc(-c5ncc(C6=[N+](C)c7ccccc7[NH+]6C)o5)cc4)c4ccc(-c5ncc(C6=[N+](C)c7ccccc7[NH+]6C)o5)cc4)cc3)o2)[NH+](C)c2ccccc21. The topological polar surface area (TPSA) is 104 Å². The molecule has 3 aromatic heterocycles. The Labute approximate surface area is 387 Å². The number of para-hydroxylation sites is 6. The van der Waals surface area contributed by atoms with E-state index in [1.807, 2.05) is 18.6 Å². The normalized spacial score (nSPS) is 17.4. The number of quaternary nitrogens is 3. The number of aromatic nitrogens is 3. The molecular weight excluding hydrogens is 837 g/mol. The van der Waals surface area contributed by atoms with Crippen molar-refractivity contribution >= 4 is 68.7 Å². The predicted molar refractivity (Wildman–Crippen MR) is 256 cm³/mol. The Morgan fingerprint density at radius 3 is 0.910 bits per heavy atom. The van der Waals surface area contributed by atoms with Gasteiger partial charge in [-0.2, -0.15) is 0 Å². The van der Waals surface area contributed by atoms with E-state index in [2.05, 4.69) is 207 Å². The van der Waals surface area contributed by atoms with Crippen LogP contribution in [0.15, 0.2) is 177 Å². The molecule has 326 valence electrons. The Bertz CT molecular complexity index is 3140. The lowest BCUT2D eigenvalue weighted by Crippen LogP contribution is -3.06. The third kappa shape index (κ3) is 6.50. The second kappa shape index (κ2) is 15.7. The van der Waals surface area contributed by atoms with Gasteiger partial charge in [-0.1, -0.05) is 36.4 Å². The lowest BCUT2D eigenvalue weighted by molar-refractivity contribution is -0.717. The highest BCUT2D eigenvalue weighted by Crippen LogP contribution is 2.38. The van der Waals surface area contributed by atoms with Crippen LogP contribution in [0.5, 0.6) is 0 Å². The number of benzene rings is 6. The van der Waals surface area contributed by atoms with E-state index in [-0.39, 0.29) is 0 Å². The van der Waals surface area contributed by atoms with Crippen LogP contribution in [-0.4, -0.2) is 88.5 Å². The van der Waals surface area contributed by atoms with Gasteiger partial charge in [0, 0.05) is 70.2 Å². The molecule has 3 unspecified atom stereocenters. The Morgan fingerprint density at radius 2 is 0.642 bits per heavy atom. The molecular formula is C54H48N10O3+6. The summed E-state index contributed by atoms with van der Waals surface area (Å²) in [5.41, 5.74) is 12.5. The smallest absolute Gasteiger partial charge is 0.418 e. The van der Waals surface area contributed by atoms with Crippen LogP contribution in [0.2, 0.25) is 0 Å². The van der Waals surface area contributed by atoms with E-state index in [0.717, 1.165) is 100 Å². The van der Waals surface area contributed by atoms with Gasteiger partial charge in [-0.05, 0) is 72.8 Å². The number of anilines is 3. The zero-order valence-corrected chi connectivity index (χ0v) is 37.9. The van der Waals surface area contributed by atoms with Crippen molar-refractivity contribution in [1.82, 2.24) is 15.0 Å². The zero-order valence-electron chi connectivity index (χ0n) is 37.9. The van der Waals surface area contributed by atoms with Crippen molar-refractivity contribution in [3.05, 3.63) is 181 Å². The van der Waals surface area contributed by atoms with Crippen LogP contribution in [0, 0.1) is 0 Å². The van der Waals surface area contributed by atoms with E-state index in [1.165, 1.54) is 17.1 Å². The van der Waals surface area contributed by atoms with Crippen molar-refractivity contribution in [3.63, 3.8) is 0 Å². The van der Waals surface area contributed by atoms with Crippen molar-refractivity contribution < 1.29 is 41.7 Å². The van der Waals surface area contributed by atoms with Crippen molar-refractivity contribution in [3.8, 4) is 34.4 Å². The maximum atomic E-state index is 6.47. The number of oxazole rings is 3. The average molecular weight is 885 g/mol. The summed E-state index contributed by atoms with van der Waals surface area (Å²) in [6.07, 6.45) is 5.46. The molecule has 3 aliphatic rings. The molecule has 13 nitrogen and oxygen atoms in total. The second-order valence-electron chi connectivity index (χ2n) is 17.2. The van der Waals surface area contributed by atoms with Crippen molar-refractivity contribution in [2.75, 3.05) is 47.2 Å². The molecule has 3 aliphatic heterocycles. The van der Waals surface area contributed by atoms with Gasteiger partial charge in [0.15, 0.2) is 0 Å². The summed E-state index contributed by atoms with van der Waals surface area (Å²) in [5, 5.41) is 0. The summed E-state index contributed by atoms with van der Waals surface area (Å²) in [6, 6.07) is 50.1. The van der Waals surface area contributed by atoms with Gasteiger partial charge in [-0.3, -0.25) is 0 Å². The van der Waals surface area contributed by atoms with E-state index >= 15 is 0 Å². The Balaban J connectivity index is 0.858. The third-order valence-electron chi connectivity index (χ3n) is 13.4. The highest BCUT2D eigenvalue weighted by atomic mass is 16.4. The van der Waals surface area contributed by atoms with Crippen LogP contribution in [-0.2, 0) is 0 Å². The van der Waals surface area contributed by atoms with Gasteiger partial charge in [-0.25, -0.2) is 29.7 Å². The second-order valence-corrected chi connectivity index (χ2v) is 17.2. The first-order chi connectivity index (χ1) is 32.7. The lowest BCUT2D eigenvalue weighted by Gasteiger charge is -2.26. The van der Waals surface area contributed by atoms with Crippen LogP contribution >= 0.6 is 0 Å². The van der Waals surface area contributed by atoms with E-state index < -0.39 is 0 Å².